The molecule has 2 fully saturated rings. The highest BCUT2D eigenvalue weighted by atomic mass is 32.2. The van der Waals surface area contributed by atoms with E-state index in [0.29, 0.717) is 12.8 Å². The number of hydrogen-bond donors (Lipinski definition) is 0. The summed E-state index contributed by atoms with van der Waals surface area (Å²) in [5.74, 6) is 0.698. The smallest absolute Gasteiger partial charge is 0.166 e. The van der Waals surface area contributed by atoms with Gasteiger partial charge in [-0.05, 0) is 79.1 Å². The van der Waals surface area contributed by atoms with E-state index in [4.69, 9.17) is 4.74 Å². The molecule has 0 aliphatic heterocycles. The third-order valence-electron chi connectivity index (χ3n) is 9.85. The summed E-state index contributed by atoms with van der Waals surface area (Å²) in [6, 6.07) is 30.3. The van der Waals surface area contributed by atoms with Crippen LogP contribution in [0.3, 0.4) is 0 Å². The van der Waals surface area contributed by atoms with Crippen molar-refractivity contribution < 1.29 is 22.5 Å². The summed E-state index contributed by atoms with van der Waals surface area (Å²) in [5.41, 5.74) is -1.22. The van der Waals surface area contributed by atoms with Gasteiger partial charge in [0.05, 0.1) is 33.4 Å². The normalized spacial score (nSPS) is 20.2. The highest BCUT2D eigenvalue weighted by Crippen LogP contribution is 2.64. The van der Waals surface area contributed by atoms with Gasteiger partial charge in [-0.1, -0.05) is 102 Å². The van der Waals surface area contributed by atoms with E-state index >= 15 is 0 Å². The van der Waals surface area contributed by atoms with Gasteiger partial charge in [-0.25, -0.2) is 8.42 Å². The number of Topliss-reactive ketones (excluding diaryl/α,β-unsaturated/α-hetero) is 1. The molecule has 244 valence electrons. The number of carbonyl (C=O) groups excluding carboxylic acids is 1. The summed E-state index contributed by atoms with van der Waals surface area (Å²) >= 11 is 0. The summed E-state index contributed by atoms with van der Waals surface area (Å²) in [7, 11) is -4.42. The summed E-state index contributed by atoms with van der Waals surface area (Å²) < 4.78 is 38.7. The molecule has 2 bridgehead atoms. The molecule has 2 unspecified atom stereocenters. The molecule has 0 aromatic heterocycles. The first-order chi connectivity index (χ1) is 21.6. The fraction of sp³-hybridized carbons (Fsp3) is 0.500. The third-order valence-corrected chi connectivity index (χ3v) is 12.9. The van der Waals surface area contributed by atoms with Crippen molar-refractivity contribution in [1.29, 1.82) is 0 Å². The molecule has 0 saturated heterocycles. The van der Waals surface area contributed by atoms with Crippen molar-refractivity contribution in [2.45, 2.75) is 106 Å². The Morgan fingerprint density at radius 2 is 1.29 bits per heavy atom. The van der Waals surface area contributed by atoms with E-state index in [1.54, 1.807) is 0 Å². The van der Waals surface area contributed by atoms with Gasteiger partial charge in [-0.2, -0.15) is 0 Å². The number of unbranched alkanes of at least 4 members (excludes halogenated alkanes) is 7. The Morgan fingerprint density at radius 3 is 1.76 bits per heavy atom. The Hall–Kier alpha value is -2.61. The molecule has 45 heavy (non-hydrogen) atoms. The zero-order valence-electron chi connectivity index (χ0n) is 27.2. The van der Waals surface area contributed by atoms with E-state index in [2.05, 4.69) is 91.9 Å². The molecule has 2 aliphatic rings. The molecule has 2 atom stereocenters. The number of ether oxygens (including phenoxy) is 1. The SMILES string of the molecule is CC1(C)C2CCC1(CS(=O)(=O)[O-])C(=O)C2.CCCCCCCCCCOc1ccc([S+](c2ccccc2)c2ccccc2)cc1. The minimum atomic E-state index is -4.33. The van der Waals surface area contributed by atoms with Crippen molar-refractivity contribution in [1.82, 2.24) is 0 Å². The average molecular weight is 651 g/mol. The van der Waals surface area contributed by atoms with Gasteiger partial charge in [-0.15, -0.1) is 0 Å². The largest absolute Gasteiger partial charge is 0.748 e. The molecule has 5 rings (SSSR count). The topological polar surface area (TPSA) is 83.5 Å². The molecule has 7 heteroatoms. The van der Waals surface area contributed by atoms with E-state index in [9.17, 15) is 17.8 Å². The zero-order chi connectivity index (χ0) is 32.3. The average Bonchev–Trinajstić information content (AvgIpc) is 3.36. The maximum absolute atomic E-state index is 11.8. The highest BCUT2D eigenvalue weighted by molar-refractivity contribution is 7.97. The number of carbonyl (C=O) groups is 1. The lowest BCUT2D eigenvalue weighted by molar-refractivity contribution is -0.128. The molecule has 3 aromatic rings. The van der Waals surface area contributed by atoms with Gasteiger partial charge in [-0.3, -0.25) is 4.79 Å². The Kier molecular flexibility index (Phi) is 12.8. The minimum Gasteiger partial charge on any atom is -0.748 e. The van der Waals surface area contributed by atoms with Gasteiger partial charge in [0.2, 0.25) is 0 Å². The van der Waals surface area contributed by atoms with Crippen LogP contribution in [0.2, 0.25) is 0 Å². The van der Waals surface area contributed by atoms with Gasteiger partial charge in [0.15, 0.2) is 14.7 Å². The second kappa shape index (κ2) is 16.3. The molecule has 3 aromatic carbocycles. The molecule has 0 N–H and O–H groups in total. The minimum absolute atomic E-state index is 0.0248. The van der Waals surface area contributed by atoms with Gasteiger partial charge >= 0.3 is 0 Å². The molecule has 2 saturated carbocycles. The Labute approximate surface area is 274 Å². The lowest BCUT2D eigenvalue weighted by atomic mass is 9.70. The summed E-state index contributed by atoms with van der Waals surface area (Å²) in [5, 5.41) is 0. The van der Waals surface area contributed by atoms with E-state index in [1.165, 1.54) is 59.6 Å². The first kappa shape index (κ1) is 35.2. The number of rotatable bonds is 15. The van der Waals surface area contributed by atoms with Crippen LogP contribution >= 0.6 is 0 Å². The van der Waals surface area contributed by atoms with Gasteiger partial charge in [0.25, 0.3) is 0 Å². The Morgan fingerprint density at radius 1 is 0.778 bits per heavy atom. The molecular weight excluding hydrogens is 601 g/mol. The van der Waals surface area contributed by atoms with Crippen molar-refractivity contribution in [2.75, 3.05) is 12.4 Å². The third kappa shape index (κ3) is 9.24. The van der Waals surface area contributed by atoms with Crippen molar-refractivity contribution in [3.05, 3.63) is 84.9 Å². The predicted octanol–water partition coefficient (Wildman–Crippen LogP) is 9.23. The van der Waals surface area contributed by atoms with Gasteiger partial charge < -0.3 is 9.29 Å². The van der Waals surface area contributed by atoms with Crippen LogP contribution in [0.25, 0.3) is 0 Å². The molecule has 0 radical (unpaired) electrons. The van der Waals surface area contributed by atoms with E-state index < -0.39 is 21.3 Å². The molecule has 2 aliphatic carbocycles. The number of benzene rings is 3. The summed E-state index contributed by atoms with van der Waals surface area (Å²) in [4.78, 5) is 15.9. The molecule has 5 nitrogen and oxygen atoms in total. The molecular formula is C38H50O5S2. The zero-order valence-corrected chi connectivity index (χ0v) is 28.8. The van der Waals surface area contributed by atoms with Crippen LogP contribution in [0.5, 0.6) is 5.75 Å². The van der Waals surface area contributed by atoms with E-state index in [0.717, 1.165) is 25.2 Å². The standard InChI is InChI=1S/C28H35OS.C10H16O4S/c1-2-3-4-5-6-7-8-15-24-29-25-20-22-28(23-21-25)30(26-16-11-9-12-17-26)27-18-13-10-14-19-27;1-9(2)7-3-4-10(9,8(11)5-7)6-15(12,13)14/h9-14,16-23H,2-8,15,24H2,1H3;7H,3-6H2,1-2H3,(H,12,13,14)/q+1;/p-1. The summed E-state index contributed by atoms with van der Waals surface area (Å²) in [6.07, 6.45) is 12.5. The maximum atomic E-state index is 11.8. The van der Waals surface area contributed by atoms with Crippen LogP contribution in [0.15, 0.2) is 99.6 Å². The van der Waals surface area contributed by atoms with Crippen LogP contribution in [0, 0.1) is 16.7 Å². The second-order valence-corrected chi connectivity index (χ2v) is 16.5. The fourth-order valence-corrected chi connectivity index (χ4v) is 10.4. The lowest BCUT2D eigenvalue weighted by Gasteiger charge is -2.37. The van der Waals surface area contributed by atoms with Crippen LogP contribution in [0.4, 0.5) is 0 Å². The maximum Gasteiger partial charge on any atom is 0.166 e. The molecule has 0 spiro atoms. The monoisotopic (exact) mass is 650 g/mol. The van der Waals surface area contributed by atoms with Crippen molar-refractivity contribution in [2.24, 2.45) is 16.7 Å². The highest BCUT2D eigenvalue weighted by Gasteiger charge is 2.64. The van der Waals surface area contributed by atoms with Gasteiger partial charge in [0, 0.05) is 11.8 Å². The van der Waals surface area contributed by atoms with Crippen LogP contribution in [-0.4, -0.2) is 31.1 Å². The second-order valence-electron chi connectivity index (χ2n) is 13.1. The van der Waals surface area contributed by atoms with Gasteiger partial charge in [0.1, 0.15) is 11.5 Å². The Bertz CT molecular complexity index is 1400. The number of ketones is 1. The summed E-state index contributed by atoms with van der Waals surface area (Å²) in [6.45, 7) is 6.92. The van der Waals surface area contributed by atoms with Crippen LogP contribution in [0.1, 0.15) is 91.4 Å². The van der Waals surface area contributed by atoms with Crippen molar-refractivity contribution in [3.63, 3.8) is 0 Å². The first-order valence-corrected chi connectivity index (χ1v) is 19.4. The van der Waals surface area contributed by atoms with Crippen molar-refractivity contribution in [3.8, 4) is 5.75 Å². The van der Waals surface area contributed by atoms with Crippen LogP contribution < -0.4 is 4.74 Å². The fourth-order valence-electron chi connectivity index (χ4n) is 7.03. The molecule has 0 amide bonds. The Balaban J connectivity index is 0.000000256. The van der Waals surface area contributed by atoms with Crippen molar-refractivity contribution >= 4 is 26.8 Å². The molecule has 0 heterocycles. The lowest BCUT2D eigenvalue weighted by Crippen LogP contribution is -2.42. The number of fused-ring (bicyclic) bond motifs is 2. The van der Waals surface area contributed by atoms with E-state index in [-0.39, 0.29) is 28.0 Å². The first-order valence-electron chi connectivity index (χ1n) is 16.6. The quantitative estimate of drug-likeness (QED) is 0.0930. The van der Waals surface area contributed by atoms with E-state index in [1.807, 2.05) is 13.8 Å². The van der Waals surface area contributed by atoms with Crippen LogP contribution in [-0.2, 0) is 25.8 Å². The predicted molar refractivity (Wildman–Crippen MR) is 183 cm³/mol. The number of hydrogen-bond acceptors (Lipinski definition) is 5.